The molecule has 122 valence electrons. The van der Waals surface area contributed by atoms with Crippen molar-refractivity contribution in [2.24, 2.45) is 0 Å². The number of nitro benzene ring substituents is 1. The van der Waals surface area contributed by atoms with Gasteiger partial charge in [-0.25, -0.2) is 0 Å². The van der Waals surface area contributed by atoms with Crippen LogP contribution in [0.2, 0.25) is 0 Å². The highest BCUT2D eigenvalue weighted by Crippen LogP contribution is 2.23. The van der Waals surface area contributed by atoms with Gasteiger partial charge in [0.15, 0.2) is 0 Å². The first-order chi connectivity index (χ1) is 11.6. The zero-order chi connectivity index (χ0) is 17.1. The molecule has 0 radical (unpaired) electrons. The van der Waals surface area contributed by atoms with Gasteiger partial charge in [0.05, 0.1) is 17.1 Å². The van der Waals surface area contributed by atoms with Crippen LogP contribution in [0.25, 0.3) is 10.9 Å². The Morgan fingerprint density at radius 1 is 1.21 bits per heavy atom. The van der Waals surface area contributed by atoms with Gasteiger partial charge in [0.25, 0.3) is 11.6 Å². The number of carbonyl (C=O) groups excluding carboxylic acids is 1. The molecule has 0 bridgehead atoms. The second-order valence-corrected chi connectivity index (χ2v) is 5.30. The number of fused-ring (bicyclic) bond motifs is 1. The van der Waals surface area contributed by atoms with Gasteiger partial charge in [0.2, 0.25) is 0 Å². The highest BCUT2D eigenvalue weighted by Gasteiger charge is 2.15. The van der Waals surface area contributed by atoms with Crippen molar-refractivity contribution in [1.82, 2.24) is 10.3 Å². The molecule has 1 aromatic heterocycles. The molecule has 0 spiro atoms. The molecule has 3 rings (SSSR count). The lowest BCUT2D eigenvalue weighted by Crippen LogP contribution is -2.23. The van der Waals surface area contributed by atoms with Crippen LogP contribution in [0.1, 0.15) is 21.5 Å². The highest BCUT2D eigenvalue weighted by atomic mass is 16.6. The van der Waals surface area contributed by atoms with Crippen molar-refractivity contribution < 1.29 is 14.8 Å². The van der Waals surface area contributed by atoms with Crippen molar-refractivity contribution in [1.29, 1.82) is 0 Å². The Bertz CT molecular complexity index is 917. The molecule has 1 amide bonds. The van der Waals surface area contributed by atoms with Gasteiger partial charge in [-0.15, -0.1) is 0 Å². The minimum atomic E-state index is -0.494. The fourth-order valence-electron chi connectivity index (χ4n) is 2.56. The van der Waals surface area contributed by atoms with Crippen molar-refractivity contribution in [3.63, 3.8) is 0 Å². The summed E-state index contributed by atoms with van der Waals surface area (Å²) in [4.78, 5) is 25.7. The van der Waals surface area contributed by atoms with Crippen molar-refractivity contribution in [2.75, 3.05) is 0 Å². The van der Waals surface area contributed by atoms with Crippen LogP contribution in [0.3, 0.4) is 0 Å². The summed E-state index contributed by atoms with van der Waals surface area (Å²) in [5, 5.41) is 23.5. The molecule has 7 heteroatoms. The third-order valence-corrected chi connectivity index (χ3v) is 3.85. The van der Waals surface area contributed by atoms with Crippen LogP contribution in [-0.4, -0.2) is 20.9 Å². The average molecular weight is 325 g/mol. The summed E-state index contributed by atoms with van der Waals surface area (Å²) >= 11 is 0. The molecular formula is C17H15N3O4. The van der Waals surface area contributed by atoms with Crippen LogP contribution in [-0.2, 0) is 13.2 Å². The Morgan fingerprint density at radius 2 is 1.96 bits per heavy atom. The molecule has 2 aromatic carbocycles. The number of carbonyl (C=O) groups is 1. The highest BCUT2D eigenvalue weighted by molar-refractivity contribution is 6.07. The number of aliphatic hydroxyl groups excluding tert-OH is 1. The van der Waals surface area contributed by atoms with Crippen molar-refractivity contribution in [3.8, 4) is 0 Å². The number of aromatic nitrogens is 1. The van der Waals surface area contributed by atoms with E-state index >= 15 is 0 Å². The Labute approximate surface area is 137 Å². The predicted octanol–water partition coefficient (Wildman–Crippen LogP) is 2.50. The third-order valence-electron chi connectivity index (χ3n) is 3.85. The maximum atomic E-state index is 12.4. The lowest BCUT2D eigenvalue weighted by molar-refractivity contribution is -0.384. The fraction of sp³-hybridized carbons (Fsp3) is 0.118. The second kappa shape index (κ2) is 6.51. The van der Waals surface area contributed by atoms with Crippen LogP contribution in [0, 0.1) is 10.1 Å². The first kappa shape index (κ1) is 15.7. The number of aromatic amines is 1. The van der Waals surface area contributed by atoms with Gasteiger partial charge in [-0.2, -0.15) is 0 Å². The van der Waals surface area contributed by atoms with Gasteiger partial charge in [0, 0.05) is 35.8 Å². The van der Waals surface area contributed by atoms with E-state index in [1.165, 1.54) is 18.3 Å². The smallest absolute Gasteiger partial charge is 0.270 e. The standard InChI is InChI=1S/C17H15N3O4/c21-10-12-4-2-1-3-11(12)8-19-17(22)15-9-18-16-6-5-13(20(23)24)7-14(15)16/h1-7,9,18,21H,8,10H2,(H,19,22). The quantitative estimate of drug-likeness (QED) is 0.494. The number of hydrogen-bond donors (Lipinski definition) is 3. The number of nitrogens with one attached hydrogen (secondary N) is 2. The van der Waals surface area contributed by atoms with Gasteiger partial charge in [-0.1, -0.05) is 24.3 Å². The van der Waals surface area contributed by atoms with E-state index in [4.69, 9.17) is 0 Å². The maximum absolute atomic E-state index is 12.4. The first-order valence-corrected chi connectivity index (χ1v) is 7.31. The zero-order valence-electron chi connectivity index (χ0n) is 12.7. The van der Waals surface area contributed by atoms with Crippen LogP contribution in [0.15, 0.2) is 48.7 Å². The minimum absolute atomic E-state index is 0.0678. The summed E-state index contributed by atoms with van der Waals surface area (Å²) in [7, 11) is 0. The van der Waals surface area contributed by atoms with Gasteiger partial charge >= 0.3 is 0 Å². The Morgan fingerprint density at radius 3 is 2.67 bits per heavy atom. The fourth-order valence-corrected chi connectivity index (χ4v) is 2.56. The monoisotopic (exact) mass is 325 g/mol. The van der Waals surface area contributed by atoms with E-state index in [-0.39, 0.29) is 24.7 Å². The van der Waals surface area contributed by atoms with Crippen molar-refractivity contribution in [2.45, 2.75) is 13.2 Å². The largest absolute Gasteiger partial charge is 0.392 e. The molecule has 3 aromatic rings. The number of non-ortho nitro benzene ring substituents is 1. The SMILES string of the molecule is O=C(NCc1ccccc1CO)c1c[nH]c2ccc([N+](=O)[O-])cc12. The van der Waals surface area contributed by atoms with E-state index in [0.29, 0.717) is 16.5 Å². The number of nitrogens with zero attached hydrogens (tertiary/aromatic N) is 1. The first-order valence-electron chi connectivity index (χ1n) is 7.31. The minimum Gasteiger partial charge on any atom is -0.392 e. The average Bonchev–Trinajstić information content (AvgIpc) is 3.03. The van der Waals surface area contributed by atoms with E-state index in [2.05, 4.69) is 10.3 Å². The lowest BCUT2D eigenvalue weighted by Gasteiger charge is -2.08. The molecule has 0 atom stereocenters. The van der Waals surface area contributed by atoms with E-state index in [0.717, 1.165) is 11.1 Å². The molecule has 1 heterocycles. The zero-order valence-corrected chi connectivity index (χ0v) is 12.7. The van der Waals surface area contributed by atoms with Crippen molar-refractivity contribution in [3.05, 3.63) is 75.5 Å². The molecule has 3 N–H and O–H groups in total. The molecule has 0 fully saturated rings. The summed E-state index contributed by atoms with van der Waals surface area (Å²) in [5.74, 6) is -0.338. The maximum Gasteiger partial charge on any atom is 0.270 e. The van der Waals surface area contributed by atoms with E-state index in [9.17, 15) is 20.0 Å². The number of hydrogen-bond acceptors (Lipinski definition) is 4. The lowest BCUT2D eigenvalue weighted by atomic mass is 10.1. The Balaban J connectivity index is 1.83. The number of rotatable bonds is 5. The third kappa shape index (κ3) is 2.97. The van der Waals surface area contributed by atoms with Gasteiger partial charge in [0.1, 0.15) is 0 Å². The van der Waals surface area contributed by atoms with Crippen molar-refractivity contribution >= 4 is 22.5 Å². The number of H-pyrrole nitrogens is 1. The van der Waals surface area contributed by atoms with Gasteiger partial charge < -0.3 is 15.4 Å². The molecule has 0 aliphatic carbocycles. The van der Waals surface area contributed by atoms with E-state index in [1.807, 2.05) is 18.2 Å². The molecular weight excluding hydrogens is 310 g/mol. The summed E-state index contributed by atoms with van der Waals surface area (Å²) in [6.45, 7) is 0.155. The van der Waals surface area contributed by atoms with Crippen LogP contribution in [0.4, 0.5) is 5.69 Å². The normalized spacial score (nSPS) is 10.7. The van der Waals surface area contributed by atoms with Crippen LogP contribution in [0.5, 0.6) is 0 Å². The van der Waals surface area contributed by atoms with Gasteiger partial charge in [-0.05, 0) is 17.2 Å². The topological polar surface area (TPSA) is 108 Å². The number of benzene rings is 2. The summed E-state index contributed by atoms with van der Waals surface area (Å²) in [6, 6.07) is 11.6. The van der Waals surface area contributed by atoms with Crippen LogP contribution >= 0.6 is 0 Å². The second-order valence-electron chi connectivity index (χ2n) is 5.30. The predicted molar refractivity (Wildman–Crippen MR) is 88.5 cm³/mol. The van der Waals surface area contributed by atoms with E-state index < -0.39 is 4.92 Å². The Kier molecular flexibility index (Phi) is 4.26. The number of aliphatic hydroxyl groups is 1. The molecule has 0 saturated heterocycles. The Hall–Kier alpha value is -3.19. The number of amides is 1. The van der Waals surface area contributed by atoms with E-state index in [1.54, 1.807) is 12.1 Å². The molecule has 0 saturated carbocycles. The summed E-state index contributed by atoms with van der Waals surface area (Å²) < 4.78 is 0. The molecule has 0 unspecified atom stereocenters. The molecule has 7 nitrogen and oxygen atoms in total. The molecule has 24 heavy (non-hydrogen) atoms. The molecule has 0 aliphatic heterocycles. The summed E-state index contributed by atoms with van der Waals surface area (Å²) in [5.41, 5.74) is 2.49. The van der Waals surface area contributed by atoms with Crippen LogP contribution < -0.4 is 5.32 Å². The summed E-state index contributed by atoms with van der Waals surface area (Å²) in [6.07, 6.45) is 1.53. The number of nitro groups is 1. The van der Waals surface area contributed by atoms with Gasteiger partial charge in [-0.3, -0.25) is 14.9 Å². The molecule has 0 aliphatic rings.